The zero-order chi connectivity index (χ0) is 59.9. The average molecular weight is 1150 g/mol. The first-order chi connectivity index (χ1) is 41.0. The minimum Gasteiger partial charge on any atom is -0.462 e. The Morgan fingerprint density at radius 1 is 0.253 bits per heavy atom. The molecule has 0 aliphatic rings. The Kier molecular flexibility index (Phi) is 66.3. The van der Waals surface area contributed by atoms with Gasteiger partial charge in [0.2, 0.25) is 0 Å². The van der Waals surface area contributed by atoms with Crippen LogP contribution in [0.15, 0.2) is 134 Å². The summed E-state index contributed by atoms with van der Waals surface area (Å²) in [4.78, 5) is 38.5. The monoisotopic (exact) mass is 1150 g/mol. The van der Waals surface area contributed by atoms with Crippen LogP contribution in [0.4, 0.5) is 0 Å². The first kappa shape index (κ1) is 78.5. The number of esters is 3. The number of rotatable bonds is 62. The molecule has 0 aromatic carbocycles. The second kappa shape index (κ2) is 70.0. The van der Waals surface area contributed by atoms with E-state index in [0.717, 1.165) is 135 Å². The second-order valence-electron chi connectivity index (χ2n) is 22.7. The molecule has 0 aliphatic heterocycles. The Labute approximate surface area is 513 Å². The highest BCUT2D eigenvalue weighted by Gasteiger charge is 2.19. The molecule has 0 heterocycles. The molecule has 0 rings (SSSR count). The van der Waals surface area contributed by atoms with Crippen LogP contribution >= 0.6 is 0 Å². The van der Waals surface area contributed by atoms with Crippen molar-refractivity contribution in [2.24, 2.45) is 0 Å². The van der Waals surface area contributed by atoms with Gasteiger partial charge in [-0.1, -0.05) is 296 Å². The fourth-order valence-electron chi connectivity index (χ4n) is 9.49. The number of hydrogen-bond donors (Lipinski definition) is 0. The molecule has 0 aromatic heterocycles. The number of carbonyl (C=O) groups excluding carboxylic acids is 3. The van der Waals surface area contributed by atoms with Crippen LogP contribution in [0.5, 0.6) is 0 Å². The minimum absolute atomic E-state index is 0.0884. The van der Waals surface area contributed by atoms with Crippen molar-refractivity contribution >= 4 is 17.9 Å². The zero-order valence-corrected chi connectivity index (χ0v) is 54.2. The van der Waals surface area contributed by atoms with Crippen LogP contribution in [0.3, 0.4) is 0 Å². The van der Waals surface area contributed by atoms with E-state index < -0.39 is 6.10 Å². The summed E-state index contributed by atoms with van der Waals surface area (Å²) in [5.74, 6) is -0.901. The normalized spacial score (nSPS) is 13.0. The molecule has 0 spiro atoms. The van der Waals surface area contributed by atoms with E-state index in [-0.39, 0.29) is 31.1 Å². The summed E-state index contributed by atoms with van der Waals surface area (Å²) >= 11 is 0. The third kappa shape index (κ3) is 68.2. The van der Waals surface area contributed by atoms with Crippen LogP contribution in [0.1, 0.15) is 316 Å². The van der Waals surface area contributed by atoms with Gasteiger partial charge in [0.25, 0.3) is 0 Å². The van der Waals surface area contributed by atoms with Crippen molar-refractivity contribution in [3.8, 4) is 0 Å². The molecule has 6 heteroatoms. The quantitative estimate of drug-likeness (QED) is 0.0261. The van der Waals surface area contributed by atoms with Gasteiger partial charge in [-0.15, -0.1) is 0 Å². The van der Waals surface area contributed by atoms with E-state index >= 15 is 0 Å². The van der Waals surface area contributed by atoms with Crippen molar-refractivity contribution in [3.05, 3.63) is 134 Å². The molecule has 472 valence electrons. The molecule has 0 bridgehead atoms. The van der Waals surface area contributed by atoms with Crippen LogP contribution in [0, 0.1) is 0 Å². The second-order valence-corrected chi connectivity index (χ2v) is 22.7. The SMILES string of the molecule is CC/C=C\C/C=C\C/C=C\C/C=C\C/C=C\C/C=C\CCCCCCCCCCC(=O)OCC(COC(=O)CCCCCCCCC/C=C\CCCCCCCC)OC(=O)CCCCCCCCCC/C=C\C/C=C\C/C=C\C/C=C\CC. The number of ether oxygens (including phenoxy) is 3. The fraction of sp³-hybridized carbons (Fsp3) is 0.675. The topological polar surface area (TPSA) is 78.9 Å². The summed E-state index contributed by atoms with van der Waals surface area (Å²) in [7, 11) is 0. The van der Waals surface area contributed by atoms with Crippen LogP contribution < -0.4 is 0 Å². The summed E-state index contributed by atoms with van der Waals surface area (Å²) < 4.78 is 17.0. The third-order valence-electron chi connectivity index (χ3n) is 14.6. The first-order valence-corrected chi connectivity index (χ1v) is 34.7. The molecule has 0 N–H and O–H groups in total. The van der Waals surface area contributed by atoms with E-state index in [1.54, 1.807) is 0 Å². The number of hydrogen-bond acceptors (Lipinski definition) is 6. The molecule has 0 aliphatic carbocycles. The van der Waals surface area contributed by atoms with Gasteiger partial charge in [0, 0.05) is 19.3 Å². The van der Waals surface area contributed by atoms with Crippen LogP contribution in [0.25, 0.3) is 0 Å². The van der Waals surface area contributed by atoms with Crippen molar-refractivity contribution in [3.63, 3.8) is 0 Å². The molecule has 0 radical (unpaired) electrons. The van der Waals surface area contributed by atoms with Crippen LogP contribution in [-0.2, 0) is 28.6 Å². The van der Waals surface area contributed by atoms with Gasteiger partial charge in [0.15, 0.2) is 6.10 Å². The number of allylic oxidation sites excluding steroid dienone is 22. The Hall–Kier alpha value is -4.45. The van der Waals surface area contributed by atoms with E-state index in [1.807, 2.05) is 0 Å². The highest BCUT2D eigenvalue weighted by Crippen LogP contribution is 2.16. The third-order valence-corrected chi connectivity index (χ3v) is 14.6. The van der Waals surface area contributed by atoms with Gasteiger partial charge in [0.1, 0.15) is 13.2 Å². The molecule has 0 amide bonds. The van der Waals surface area contributed by atoms with Gasteiger partial charge in [-0.2, -0.15) is 0 Å². The molecule has 1 atom stereocenters. The van der Waals surface area contributed by atoms with E-state index in [4.69, 9.17) is 14.2 Å². The van der Waals surface area contributed by atoms with Gasteiger partial charge in [-0.05, 0) is 135 Å². The lowest BCUT2D eigenvalue weighted by atomic mass is 10.1. The van der Waals surface area contributed by atoms with Crippen molar-refractivity contribution < 1.29 is 28.6 Å². The lowest BCUT2D eigenvalue weighted by Gasteiger charge is -2.18. The predicted octanol–water partition coefficient (Wildman–Crippen LogP) is 24.1. The van der Waals surface area contributed by atoms with Gasteiger partial charge < -0.3 is 14.2 Å². The maximum absolute atomic E-state index is 13.0. The van der Waals surface area contributed by atoms with Crippen molar-refractivity contribution in [1.29, 1.82) is 0 Å². The lowest BCUT2D eigenvalue weighted by Crippen LogP contribution is -2.30. The van der Waals surface area contributed by atoms with Gasteiger partial charge in [-0.25, -0.2) is 0 Å². The summed E-state index contributed by atoms with van der Waals surface area (Å²) in [5.41, 5.74) is 0. The lowest BCUT2D eigenvalue weighted by molar-refractivity contribution is -0.167. The number of carbonyl (C=O) groups is 3. The van der Waals surface area contributed by atoms with Crippen molar-refractivity contribution in [1.82, 2.24) is 0 Å². The molecule has 83 heavy (non-hydrogen) atoms. The van der Waals surface area contributed by atoms with E-state index in [9.17, 15) is 14.4 Å². The highest BCUT2D eigenvalue weighted by molar-refractivity contribution is 5.71. The van der Waals surface area contributed by atoms with E-state index in [2.05, 4.69) is 154 Å². The van der Waals surface area contributed by atoms with Gasteiger partial charge >= 0.3 is 17.9 Å². The summed E-state index contributed by atoms with van der Waals surface area (Å²) in [6.07, 6.45) is 98.9. The predicted molar refractivity (Wildman–Crippen MR) is 362 cm³/mol. The fourth-order valence-corrected chi connectivity index (χ4v) is 9.49. The Balaban J connectivity index is 4.41. The Morgan fingerprint density at radius 2 is 0.470 bits per heavy atom. The number of unbranched alkanes of at least 4 members (excludes halogenated alkanes) is 29. The van der Waals surface area contributed by atoms with Crippen LogP contribution in [-0.4, -0.2) is 37.2 Å². The van der Waals surface area contributed by atoms with Crippen molar-refractivity contribution in [2.45, 2.75) is 322 Å². The molecule has 6 nitrogen and oxygen atoms in total. The summed E-state index contributed by atoms with van der Waals surface area (Å²) in [6.45, 7) is 6.42. The summed E-state index contributed by atoms with van der Waals surface area (Å²) in [6, 6.07) is 0. The molecular formula is C77H128O6. The largest absolute Gasteiger partial charge is 0.462 e. The zero-order valence-electron chi connectivity index (χ0n) is 54.2. The molecule has 0 fully saturated rings. The molecule has 0 aromatic rings. The Bertz CT molecular complexity index is 1750. The minimum atomic E-state index is -0.795. The maximum atomic E-state index is 13.0. The maximum Gasteiger partial charge on any atom is 0.306 e. The van der Waals surface area contributed by atoms with Crippen LogP contribution in [0.2, 0.25) is 0 Å². The molecule has 0 saturated carbocycles. The first-order valence-electron chi connectivity index (χ1n) is 34.7. The van der Waals surface area contributed by atoms with E-state index in [1.165, 1.54) is 141 Å². The van der Waals surface area contributed by atoms with Gasteiger partial charge in [-0.3, -0.25) is 14.4 Å². The average Bonchev–Trinajstić information content (AvgIpc) is 3.49. The van der Waals surface area contributed by atoms with Gasteiger partial charge in [0.05, 0.1) is 0 Å². The highest BCUT2D eigenvalue weighted by atomic mass is 16.6. The Morgan fingerprint density at radius 3 is 0.747 bits per heavy atom. The van der Waals surface area contributed by atoms with E-state index in [0.29, 0.717) is 19.3 Å². The molecule has 0 saturated heterocycles. The van der Waals surface area contributed by atoms with Crippen molar-refractivity contribution in [2.75, 3.05) is 13.2 Å². The summed E-state index contributed by atoms with van der Waals surface area (Å²) in [5, 5.41) is 0. The standard InChI is InChI=1S/C77H128O6/c1-4-7-10-13-16-19-22-25-28-31-33-35-36-37-38-39-40-42-43-46-49-52-55-58-61-64-67-70-76(79)82-73-74(72-81-75(78)69-66-63-60-57-54-51-48-45-30-27-24-21-18-15-12-9-6-3)83-77(80)71-68-65-62-59-56-53-50-47-44-41-34-32-29-26-23-20-17-14-11-8-5-2/h7-8,10-11,16-17,19-20,25-30,33-35,37-38,40-42,74H,4-6,9,12-15,18,21-24,31-32,36,39,43-73H2,1-3H3/b10-7-,11-8-,19-16-,20-17-,28-25-,29-26-,30-27-,35-33-,38-37-,41-34-,42-40-. The molecular weight excluding hydrogens is 1020 g/mol. The molecule has 1 unspecified atom stereocenters. The smallest absolute Gasteiger partial charge is 0.306 e.